The second-order valence-corrected chi connectivity index (χ2v) is 9.48. The van der Waals surface area contributed by atoms with E-state index < -0.39 is 73.8 Å². The highest BCUT2D eigenvalue weighted by atomic mass is 35.5. The van der Waals surface area contributed by atoms with Crippen molar-refractivity contribution in [1.82, 2.24) is 10.3 Å². The molecule has 222 valence electrons. The summed E-state index contributed by atoms with van der Waals surface area (Å²) in [6.07, 6.45) is -15.3. The van der Waals surface area contributed by atoms with E-state index in [-0.39, 0.29) is 27.9 Å². The fourth-order valence-corrected chi connectivity index (χ4v) is 4.34. The van der Waals surface area contributed by atoms with Gasteiger partial charge in [0, 0.05) is 36.4 Å². The third-order valence-electron chi connectivity index (χ3n) is 6.17. The molecule has 0 aliphatic carbocycles. The Balaban J connectivity index is 2.03. The number of aliphatic imine (C=N–C) groups is 1. The maximum atomic E-state index is 13.3. The van der Waals surface area contributed by atoms with E-state index in [4.69, 9.17) is 22.1 Å². The van der Waals surface area contributed by atoms with E-state index >= 15 is 0 Å². The molecule has 3 amide bonds. The number of benzodiazepines with no additional fused rings is 1. The number of para-hydroxylation sites is 1. The van der Waals surface area contributed by atoms with Crippen LogP contribution in [0.15, 0.2) is 41.5 Å². The van der Waals surface area contributed by atoms with Crippen LogP contribution in [-0.2, 0) is 14.4 Å². The summed E-state index contributed by atoms with van der Waals surface area (Å²) in [5.41, 5.74) is 5.90. The number of nitrogens with one attached hydrogen (secondary N) is 2. The van der Waals surface area contributed by atoms with E-state index in [1.54, 1.807) is 12.1 Å². The van der Waals surface area contributed by atoms with E-state index in [9.17, 15) is 40.7 Å². The molecule has 0 radical (unpaired) electrons. The van der Waals surface area contributed by atoms with E-state index in [1.165, 1.54) is 31.5 Å². The summed E-state index contributed by atoms with van der Waals surface area (Å²) in [6, 6.07) is 7.61. The number of pyridine rings is 1. The van der Waals surface area contributed by atoms with E-state index in [1.807, 2.05) is 0 Å². The van der Waals surface area contributed by atoms with Crippen LogP contribution in [0.1, 0.15) is 36.9 Å². The Morgan fingerprint density at radius 3 is 2.24 bits per heavy atom. The molecule has 0 saturated carbocycles. The number of carbonyl (C=O) groups is 3. The molecule has 3 rings (SSSR count). The van der Waals surface area contributed by atoms with Crippen molar-refractivity contribution < 1.29 is 45.5 Å². The number of anilines is 1. The molecular weight excluding hydrogens is 584 g/mol. The van der Waals surface area contributed by atoms with Gasteiger partial charge < -0.3 is 21.1 Å². The van der Waals surface area contributed by atoms with Gasteiger partial charge in [0.15, 0.2) is 0 Å². The minimum Gasteiger partial charge on any atom is -0.495 e. The van der Waals surface area contributed by atoms with Crippen molar-refractivity contribution in [2.75, 3.05) is 12.4 Å². The van der Waals surface area contributed by atoms with Gasteiger partial charge in [-0.2, -0.15) is 26.3 Å². The van der Waals surface area contributed by atoms with Gasteiger partial charge in [0.05, 0.1) is 29.2 Å². The minimum atomic E-state index is -4.80. The number of hydrogen-bond donors (Lipinski definition) is 3. The molecule has 0 saturated heterocycles. The lowest BCUT2D eigenvalue weighted by molar-refractivity contribution is -0.152. The first kappa shape index (κ1) is 31.6. The van der Waals surface area contributed by atoms with Gasteiger partial charge in [-0.15, -0.1) is 0 Å². The minimum absolute atomic E-state index is 0.0505. The molecule has 1 aromatic heterocycles. The molecule has 2 aromatic rings. The fourth-order valence-electron chi connectivity index (χ4n) is 4.23. The molecule has 1 aliphatic heterocycles. The summed E-state index contributed by atoms with van der Waals surface area (Å²) >= 11 is 5.92. The van der Waals surface area contributed by atoms with Gasteiger partial charge in [0.25, 0.3) is 5.91 Å². The van der Waals surface area contributed by atoms with Gasteiger partial charge in [-0.25, -0.2) is 4.99 Å². The summed E-state index contributed by atoms with van der Waals surface area (Å²) in [7, 11) is 1.33. The van der Waals surface area contributed by atoms with Crippen LogP contribution >= 0.6 is 11.6 Å². The second-order valence-electron chi connectivity index (χ2n) is 9.05. The van der Waals surface area contributed by atoms with Crippen molar-refractivity contribution in [2.24, 2.45) is 22.6 Å². The van der Waals surface area contributed by atoms with Gasteiger partial charge in [0.1, 0.15) is 5.75 Å². The average molecular weight is 608 g/mol. The first-order valence-electron chi connectivity index (χ1n) is 12.0. The number of rotatable bonds is 10. The lowest BCUT2D eigenvalue weighted by Crippen LogP contribution is -2.48. The Labute approximate surface area is 234 Å². The number of aromatic nitrogens is 1. The van der Waals surface area contributed by atoms with Crippen molar-refractivity contribution >= 4 is 40.7 Å². The number of nitrogens with two attached hydrogens (primary N) is 1. The summed E-state index contributed by atoms with van der Waals surface area (Å²) in [5, 5.41) is 4.98. The first-order valence-corrected chi connectivity index (χ1v) is 12.4. The number of halogens is 7. The molecule has 0 unspecified atom stereocenters. The Kier molecular flexibility index (Phi) is 9.84. The maximum Gasteiger partial charge on any atom is 0.389 e. The molecule has 0 bridgehead atoms. The monoisotopic (exact) mass is 607 g/mol. The number of methoxy groups -OCH3 is 1. The van der Waals surface area contributed by atoms with Gasteiger partial charge in [0.2, 0.25) is 18.0 Å². The maximum absolute atomic E-state index is 13.3. The number of hydrogen-bond acceptors (Lipinski definition) is 6. The molecule has 2 heterocycles. The van der Waals surface area contributed by atoms with Crippen LogP contribution in [0.25, 0.3) is 0 Å². The van der Waals surface area contributed by atoms with E-state index in [0.717, 1.165) is 0 Å². The Morgan fingerprint density at radius 2 is 1.71 bits per heavy atom. The quantitative estimate of drug-likeness (QED) is 0.345. The number of benzene rings is 1. The van der Waals surface area contributed by atoms with Gasteiger partial charge in [-0.05, 0) is 31.0 Å². The van der Waals surface area contributed by atoms with Crippen LogP contribution in [0.3, 0.4) is 0 Å². The molecule has 0 fully saturated rings. The number of fused-ring (bicyclic) bond motifs is 1. The number of ether oxygens (including phenoxy) is 1. The number of nitrogens with zero attached hydrogens (tertiary/aromatic N) is 2. The number of primary amides is 1. The first-order chi connectivity index (χ1) is 19.1. The van der Waals surface area contributed by atoms with Crippen molar-refractivity contribution in [3.8, 4) is 5.75 Å². The molecule has 0 spiro atoms. The third kappa shape index (κ3) is 8.55. The highest BCUT2D eigenvalue weighted by molar-refractivity contribution is 6.30. The van der Waals surface area contributed by atoms with E-state index in [0.29, 0.717) is 5.56 Å². The molecule has 9 nitrogen and oxygen atoms in total. The molecule has 16 heteroatoms. The molecule has 41 heavy (non-hydrogen) atoms. The molecule has 1 aliphatic rings. The van der Waals surface area contributed by atoms with Gasteiger partial charge >= 0.3 is 12.4 Å². The standard InChI is InChI=1S/C25H24ClF6N5O4/c1-41-17-4-2-3-15-18(16-6-5-12(26)11-34-16)35-21(23(40)36-19(15)17)37-22(39)14(8-10-25(30,31)32)13(20(33)38)7-9-24(27,28)29/h2-6,11,13-14,21H,7-10H2,1H3,(H2,33,38)(H,36,40)(H,37,39)/t13-,14+,21-/m1/s1. The smallest absolute Gasteiger partial charge is 0.389 e. The number of amides is 3. The lowest BCUT2D eigenvalue weighted by atomic mass is 9.83. The third-order valence-corrected chi connectivity index (χ3v) is 6.39. The Hall–Kier alpha value is -3.88. The summed E-state index contributed by atoms with van der Waals surface area (Å²) < 4.78 is 83.1. The number of alkyl halides is 6. The van der Waals surface area contributed by atoms with Crippen LogP contribution in [0, 0.1) is 11.8 Å². The van der Waals surface area contributed by atoms with Crippen LogP contribution in [-0.4, -0.2) is 54.0 Å². The van der Waals surface area contributed by atoms with Crippen molar-refractivity contribution in [2.45, 2.75) is 44.2 Å². The molecular formula is C25H24ClF6N5O4. The van der Waals surface area contributed by atoms with Crippen LogP contribution in [0.4, 0.5) is 32.0 Å². The van der Waals surface area contributed by atoms with Crippen molar-refractivity contribution in [3.05, 3.63) is 52.8 Å². The average Bonchev–Trinajstić information content (AvgIpc) is 3.01. The van der Waals surface area contributed by atoms with Gasteiger partial charge in [-0.3, -0.25) is 19.4 Å². The SMILES string of the molecule is COc1cccc2c1NC(=O)[C@@H](NC(=O)[C@@H](CCC(F)(F)F)[C@@H](CCC(F)(F)F)C(N)=O)N=C2c1ccc(Cl)cn1. The van der Waals surface area contributed by atoms with Crippen LogP contribution in [0.2, 0.25) is 5.02 Å². The molecule has 4 N–H and O–H groups in total. The molecule has 3 atom stereocenters. The second kappa shape index (κ2) is 12.7. The number of carbonyl (C=O) groups excluding carboxylic acids is 3. The van der Waals surface area contributed by atoms with E-state index in [2.05, 4.69) is 20.6 Å². The summed E-state index contributed by atoms with van der Waals surface area (Å²) in [4.78, 5) is 46.9. The molecule has 1 aromatic carbocycles. The van der Waals surface area contributed by atoms with Crippen LogP contribution in [0.5, 0.6) is 5.75 Å². The highest BCUT2D eigenvalue weighted by Crippen LogP contribution is 2.34. The summed E-state index contributed by atoms with van der Waals surface area (Å²) in [5.74, 6) is -7.32. The largest absolute Gasteiger partial charge is 0.495 e. The van der Waals surface area contributed by atoms with Crippen LogP contribution < -0.4 is 21.1 Å². The lowest BCUT2D eigenvalue weighted by Gasteiger charge is -2.26. The zero-order valence-corrected chi connectivity index (χ0v) is 22.0. The Bertz CT molecular complexity index is 1320. The highest BCUT2D eigenvalue weighted by Gasteiger charge is 2.40. The zero-order valence-electron chi connectivity index (χ0n) is 21.3. The van der Waals surface area contributed by atoms with Crippen molar-refractivity contribution in [1.29, 1.82) is 0 Å². The van der Waals surface area contributed by atoms with Gasteiger partial charge in [-0.1, -0.05) is 23.7 Å². The summed E-state index contributed by atoms with van der Waals surface area (Å²) in [6.45, 7) is 0. The predicted molar refractivity (Wildman–Crippen MR) is 135 cm³/mol. The van der Waals surface area contributed by atoms with Crippen molar-refractivity contribution in [3.63, 3.8) is 0 Å². The fraction of sp³-hybridized carbons (Fsp3) is 0.400. The predicted octanol–water partition coefficient (Wildman–Crippen LogP) is 4.38. The normalized spacial score (nSPS) is 16.9. The zero-order chi connectivity index (χ0) is 30.5. The topological polar surface area (TPSA) is 136 Å². The Morgan fingerprint density at radius 1 is 1.07 bits per heavy atom.